The molecule has 0 aromatic rings. The minimum Gasteiger partial charge on any atom is -0.479 e. The van der Waals surface area contributed by atoms with E-state index in [1.165, 1.54) is 6.92 Å². The Bertz CT molecular complexity index is 101. The van der Waals surface area contributed by atoms with Crippen LogP contribution in [0.5, 0.6) is 0 Å². The van der Waals surface area contributed by atoms with Crippen molar-refractivity contribution in [1.82, 2.24) is 0 Å². The van der Waals surface area contributed by atoms with Crippen molar-refractivity contribution < 1.29 is 15.0 Å². The highest BCUT2D eigenvalue weighted by molar-refractivity contribution is 9.09. The molecule has 1 unspecified atom stereocenters. The average molecular weight is 211 g/mol. The summed E-state index contributed by atoms with van der Waals surface area (Å²) < 4.78 is 0. The van der Waals surface area contributed by atoms with E-state index in [0.717, 1.165) is 5.33 Å². The standard InChI is InChI=1S/C3H5Br.C3H6O3/c1-2-3-4;1-2(4)3(5)6/h2H,1,3H2;2,4H,1H3,(H,5,6). The van der Waals surface area contributed by atoms with Gasteiger partial charge < -0.3 is 10.2 Å². The number of aliphatic carboxylic acids is 1. The molecular formula is C6H11BrO3. The Kier molecular flexibility index (Phi) is 10.7. The van der Waals surface area contributed by atoms with E-state index in [2.05, 4.69) is 22.5 Å². The lowest BCUT2D eigenvalue weighted by Crippen LogP contribution is -2.13. The predicted octanol–water partition coefficient (Wildman–Crippen LogP) is 1.02. The monoisotopic (exact) mass is 210 g/mol. The second kappa shape index (κ2) is 8.65. The molecule has 4 heteroatoms. The van der Waals surface area contributed by atoms with Crippen LogP contribution in [-0.2, 0) is 4.79 Å². The molecule has 0 aliphatic carbocycles. The SMILES string of the molecule is C=CCBr.CC(O)C(=O)O. The molecule has 0 amide bonds. The number of allylic oxidation sites excluding steroid dienone is 1. The van der Waals surface area contributed by atoms with Crippen LogP contribution in [0.2, 0.25) is 0 Å². The normalized spacial score (nSPS) is 10.7. The third-order valence-corrected chi connectivity index (χ3v) is 0.924. The number of aliphatic hydroxyl groups excluding tert-OH is 1. The molecule has 0 aliphatic rings. The van der Waals surface area contributed by atoms with Gasteiger partial charge in [0.1, 0.15) is 6.10 Å². The lowest BCUT2D eigenvalue weighted by Gasteiger charge is -1.89. The molecule has 0 rings (SSSR count). The second-order valence-corrected chi connectivity index (χ2v) is 2.10. The Morgan fingerprint density at radius 1 is 1.90 bits per heavy atom. The Labute approximate surface area is 68.5 Å². The zero-order valence-corrected chi connectivity index (χ0v) is 7.34. The minimum absolute atomic E-state index is 0.896. The maximum atomic E-state index is 9.45. The first-order valence-corrected chi connectivity index (χ1v) is 3.76. The zero-order valence-electron chi connectivity index (χ0n) is 5.75. The minimum atomic E-state index is -1.23. The molecule has 1 atom stereocenters. The first kappa shape index (κ1) is 12.3. The molecule has 0 radical (unpaired) electrons. The van der Waals surface area contributed by atoms with Gasteiger partial charge in [-0.1, -0.05) is 22.0 Å². The van der Waals surface area contributed by atoms with Crippen molar-refractivity contribution in [3.8, 4) is 0 Å². The molecular weight excluding hydrogens is 200 g/mol. The van der Waals surface area contributed by atoms with E-state index in [1.807, 2.05) is 0 Å². The fraction of sp³-hybridized carbons (Fsp3) is 0.500. The van der Waals surface area contributed by atoms with Gasteiger partial charge in [-0.05, 0) is 6.92 Å². The summed E-state index contributed by atoms with van der Waals surface area (Å²) in [6.45, 7) is 4.63. The smallest absolute Gasteiger partial charge is 0.332 e. The summed E-state index contributed by atoms with van der Waals surface area (Å²) >= 11 is 3.13. The van der Waals surface area contributed by atoms with Gasteiger partial charge >= 0.3 is 5.97 Å². The van der Waals surface area contributed by atoms with Crippen molar-refractivity contribution in [3.63, 3.8) is 0 Å². The Balaban J connectivity index is 0. The molecule has 0 bridgehead atoms. The quantitative estimate of drug-likeness (QED) is 0.529. The zero-order chi connectivity index (χ0) is 8.57. The second-order valence-electron chi connectivity index (χ2n) is 1.46. The predicted molar refractivity (Wildman–Crippen MR) is 43.3 cm³/mol. The lowest BCUT2D eigenvalue weighted by atomic mass is 10.4. The van der Waals surface area contributed by atoms with Crippen molar-refractivity contribution in [3.05, 3.63) is 12.7 Å². The highest BCUT2D eigenvalue weighted by Crippen LogP contribution is 1.73. The van der Waals surface area contributed by atoms with E-state index in [1.54, 1.807) is 6.08 Å². The molecule has 0 fully saturated rings. The number of aliphatic hydroxyl groups is 1. The first-order valence-electron chi connectivity index (χ1n) is 2.64. The summed E-state index contributed by atoms with van der Waals surface area (Å²) in [4.78, 5) is 9.45. The third kappa shape index (κ3) is 15.6. The fourth-order valence-corrected chi connectivity index (χ4v) is 0. The van der Waals surface area contributed by atoms with Crippen LogP contribution in [-0.4, -0.2) is 27.6 Å². The molecule has 0 saturated carbocycles. The van der Waals surface area contributed by atoms with Gasteiger partial charge in [-0.25, -0.2) is 4.79 Å². The van der Waals surface area contributed by atoms with E-state index in [4.69, 9.17) is 10.2 Å². The van der Waals surface area contributed by atoms with Gasteiger partial charge in [0, 0.05) is 5.33 Å². The van der Waals surface area contributed by atoms with Gasteiger partial charge in [-0.15, -0.1) is 6.58 Å². The molecule has 0 spiro atoms. The van der Waals surface area contributed by atoms with Gasteiger partial charge in [0.2, 0.25) is 0 Å². The summed E-state index contributed by atoms with van der Waals surface area (Å²) in [5, 5.41) is 16.7. The number of alkyl halides is 1. The molecule has 10 heavy (non-hydrogen) atoms. The molecule has 0 aliphatic heterocycles. The Morgan fingerprint density at radius 3 is 2.10 bits per heavy atom. The van der Waals surface area contributed by atoms with Crippen LogP contribution in [0.4, 0.5) is 0 Å². The van der Waals surface area contributed by atoms with Gasteiger partial charge in [0.05, 0.1) is 0 Å². The van der Waals surface area contributed by atoms with Crippen molar-refractivity contribution in [2.45, 2.75) is 13.0 Å². The topological polar surface area (TPSA) is 57.5 Å². The lowest BCUT2D eigenvalue weighted by molar-refractivity contribution is -0.145. The number of halogens is 1. The van der Waals surface area contributed by atoms with Gasteiger partial charge in [0.25, 0.3) is 0 Å². The average Bonchev–Trinajstić information content (AvgIpc) is 1.89. The van der Waals surface area contributed by atoms with Crippen LogP contribution in [0.25, 0.3) is 0 Å². The molecule has 0 saturated heterocycles. The molecule has 2 N–H and O–H groups in total. The fourth-order valence-electron chi connectivity index (χ4n) is 0. The molecule has 0 aromatic carbocycles. The number of carboxylic acids is 1. The van der Waals surface area contributed by atoms with E-state index in [9.17, 15) is 4.79 Å². The molecule has 0 aromatic heterocycles. The van der Waals surface area contributed by atoms with Crippen LogP contribution < -0.4 is 0 Å². The van der Waals surface area contributed by atoms with E-state index in [0.29, 0.717) is 0 Å². The van der Waals surface area contributed by atoms with Crippen LogP contribution in [0.1, 0.15) is 6.92 Å². The molecule has 0 heterocycles. The van der Waals surface area contributed by atoms with E-state index >= 15 is 0 Å². The Morgan fingerprint density at radius 2 is 2.10 bits per heavy atom. The maximum Gasteiger partial charge on any atom is 0.332 e. The first-order chi connectivity index (χ1) is 4.56. The van der Waals surface area contributed by atoms with Gasteiger partial charge in [-0.3, -0.25) is 0 Å². The van der Waals surface area contributed by atoms with Crippen molar-refractivity contribution in [1.29, 1.82) is 0 Å². The van der Waals surface area contributed by atoms with E-state index < -0.39 is 12.1 Å². The van der Waals surface area contributed by atoms with Crippen molar-refractivity contribution >= 4 is 21.9 Å². The maximum absolute atomic E-state index is 9.45. The molecule has 3 nitrogen and oxygen atoms in total. The number of hydrogen-bond acceptors (Lipinski definition) is 2. The number of rotatable bonds is 2. The highest BCUT2D eigenvalue weighted by Gasteiger charge is 2.01. The largest absolute Gasteiger partial charge is 0.479 e. The number of carbonyl (C=O) groups is 1. The van der Waals surface area contributed by atoms with Crippen LogP contribution in [0.3, 0.4) is 0 Å². The summed E-state index contributed by atoms with van der Waals surface area (Å²) in [5.41, 5.74) is 0. The van der Waals surface area contributed by atoms with Crippen LogP contribution >= 0.6 is 15.9 Å². The third-order valence-electron chi connectivity index (χ3n) is 0.466. The van der Waals surface area contributed by atoms with Crippen LogP contribution in [0.15, 0.2) is 12.7 Å². The highest BCUT2D eigenvalue weighted by atomic mass is 79.9. The molecule has 60 valence electrons. The van der Waals surface area contributed by atoms with Gasteiger partial charge in [-0.2, -0.15) is 0 Å². The Hall–Kier alpha value is -0.350. The van der Waals surface area contributed by atoms with Crippen molar-refractivity contribution in [2.75, 3.05) is 5.33 Å². The van der Waals surface area contributed by atoms with E-state index in [-0.39, 0.29) is 0 Å². The number of carboxylic acid groups (broad SMARTS) is 1. The van der Waals surface area contributed by atoms with Crippen molar-refractivity contribution in [2.24, 2.45) is 0 Å². The summed E-state index contributed by atoms with van der Waals surface area (Å²) in [7, 11) is 0. The summed E-state index contributed by atoms with van der Waals surface area (Å²) in [6.07, 6.45) is 0.560. The summed E-state index contributed by atoms with van der Waals surface area (Å²) in [5.74, 6) is -1.19. The van der Waals surface area contributed by atoms with Crippen LogP contribution in [0, 0.1) is 0 Å². The summed E-state index contributed by atoms with van der Waals surface area (Å²) in [6, 6.07) is 0. The number of hydrogen-bond donors (Lipinski definition) is 2. The van der Waals surface area contributed by atoms with Gasteiger partial charge in [0.15, 0.2) is 0 Å².